The zero-order chi connectivity index (χ0) is 12.5. The van der Waals surface area contributed by atoms with E-state index in [1.807, 2.05) is 4.72 Å². The first-order valence-corrected chi connectivity index (χ1v) is 6.03. The largest absolute Gasteiger partial charge is 0.431 e. The van der Waals surface area contributed by atoms with Crippen LogP contribution in [0.2, 0.25) is 0 Å². The predicted molar refractivity (Wildman–Crippen MR) is 56.2 cm³/mol. The third-order valence-corrected chi connectivity index (χ3v) is 3.07. The van der Waals surface area contributed by atoms with E-state index in [0.717, 1.165) is 6.07 Å². The van der Waals surface area contributed by atoms with Crippen LogP contribution in [0.4, 0.5) is 10.4 Å². The number of sulfonamides is 1. The van der Waals surface area contributed by atoms with E-state index in [4.69, 9.17) is 4.42 Å². The molecule has 17 heavy (non-hydrogen) atoms. The van der Waals surface area contributed by atoms with Crippen molar-refractivity contribution in [1.29, 1.82) is 0 Å². The van der Waals surface area contributed by atoms with Crippen LogP contribution in [-0.4, -0.2) is 18.4 Å². The summed E-state index contributed by atoms with van der Waals surface area (Å²) in [5.41, 5.74) is 0.504. The van der Waals surface area contributed by atoms with Crippen LogP contribution in [0, 0.1) is 12.7 Å². The Balaban J connectivity index is 2.35. The number of rotatable bonds is 3. The summed E-state index contributed by atoms with van der Waals surface area (Å²) in [4.78, 5) is 7.20. The molecule has 0 unspecified atom stereocenters. The lowest BCUT2D eigenvalue weighted by Gasteiger charge is -2.03. The number of hydrogen-bond donors (Lipinski definition) is 1. The third-order valence-electron chi connectivity index (χ3n) is 1.82. The Morgan fingerprint density at radius 1 is 1.47 bits per heavy atom. The molecule has 2 aromatic heterocycles. The first kappa shape index (κ1) is 11.5. The number of halogens is 1. The van der Waals surface area contributed by atoms with Crippen LogP contribution in [0.25, 0.3) is 0 Å². The molecule has 6 nitrogen and oxygen atoms in total. The molecule has 0 amide bonds. The fourth-order valence-electron chi connectivity index (χ4n) is 1.13. The maximum atomic E-state index is 13.3. The van der Waals surface area contributed by atoms with E-state index in [0.29, 0.717) is 5.69 Å². The first-order valence-electron chi connectivity index (χ1n) is 4.54. The Labute approximate surface area is 96.6 Å². The fourth-order valence-corrected chi connectivity index (χ4v) is 2.08. The molecular weight excluding hydrogens is 249 g/mol. The Hall–Kier alpha value is -1.96. The van der Waals surface area contributed by atoms with Gasteiger partial charge in [0.2, 0.25) is 5.03 Å². The number of pyridine rings is 1. The highest BCUT2D eigenvalue weighted by atomic mass is 32.2. The van der Waals surface area contributed by atoms with Crippen molar-refractivity contribution in [3.8, 4) is 0 Å². The highest BCUT2D eigenvalue weighted by molar-refractivity contribution is 7.92. The number of hydrogen-bond acceptors (Lipinski definition) is 5. The number of aryl methyl sites for hydroxylation is 1. The van der Waals surface area contributed by atoms with Crippen molar-refractivity contribution in [2.24, 2.45) is 0 Å². The molecule has 2 aromatic rings. The summed E-state index contributed by atoms with van der Waals surface area (Å²) < 4.78 is 43.5. The summed E-state index contributed by atoms with van der Waals surface area (Å²) in [6, 6.07) is 2.07. The van der Waals surface area contributed by atoms with Crippen LogP contribution >= 0.6 is 0 Å². The molecule has 0 bridgehead atoms. The minimum Gasteiger partial charge on any atom is -0.431 e. The molecule has 0 spiro atoms. The molecule has 0 aliphatic rings. The van der Waals surface area contributed by atoms with E-state index in [2.05, 4.69) is 9.97 Å². The van der Waals surface area contributed by atoms with Crippen LogP contribution in [-0.2, 0) is 10.0 Å². The number of oxazole rings is 1. The zero-order valence-electron chi connectivity index (χ0n) is 8.71. The Morgan fingerprint density at radius 2 is 2.24 bits per heavy atom. The van der Waals surface area contributed by atoms with Crippen LogP contribution < -0.4 is 4.72 Å². The van der Waals surface area contributed by atoms with Gasteiger partial charge in [0.25, 0.3) is 10.0 Å². The minimum atomic E-state index is -4.12. The smallest absolute Gasteiger partial charge is 0.309 e. The number of nitrogens with one attached hydrogen (secondary N) is 1. The van der Waals surface area contributed by atoms with Gasteiger partial charge in [-0.1, -0.05) is 0 Å². The minimum absolute atomic E-state index is 0.229. The number of anilines is 1. The summed E-state index contributed by atoms with van der Waals surface area (Å²) in [5, 5.41) is -0.698. The SMILES string of the molecule is Cc1coc(NS(=O)(=O)c2ncccc2F)n1. The van der Waals surface area contributed by atoms with E-state index in [9.17, 15) is 12.8 Å². The van der Waals surface area contributed by atoms with Gasteiger partial charge in [-0.15, -0.1) is 0 Å². The highest BCUT2D eigenvalue weighted by Gasteiger charge is 2.22. The van der Waals surface area contributed by atoms with Crippen LogP contribution in [0.3, 0.4) is 0 Å². The van der Waals surface area contributed by atoms with Gasteiger partial charge in [-0.3, -0.25) is 0 Å². The Bertz CT molecular complexity index is 638. The van der Waals surface area contributed by atoms with Gasteiger partial charge in [0.1, 0.15) is 6.26 Å². The summed E-state index contributed by atoms with van der Waals surface area (Å²) >= 11 is 0. The van der Waals surface area contributed by atoms with Crippen LogP contribution in [0.1, 0.15) is 5.69 Å². The lowest BCUT2D eigenvalue weighted by Crippen LogP contribution is -2.16. The van der Waals surface area contributed by atoms with Crippen LogP contribution in [0.5, 0.6) is 0 Å². The van der Waals surface area contributed by atoms with E-state index in [1.165, 1.54) is 18.5 Å². The van der Waals surface area contributed by atoms with E-state index in [-0.39, 0.29) is 6.01 Å². The average Bonchev–Trinajstić information content (AvgIpc) is 2.63. The second kappa shape index (κ2) is 4.13. The highest BCUT2D eigenvalue weighted by Crippen LogP contribution is 2.15. The summed E-state index contributed by atoms with van der Waals surface area (Å²) in [7, 11) is -4.12. The quantitative estimate of drug-likeness (QED) is 0.896. The first-order chi connectivity index (χ1) is 7.99. The molecule has 0 atom stereocenters. The molecule has 0 fully saturated rings. The maximum absolute atomic E-state index is 13.3. The van der Waals surface area contributed by atoms with Gasteiger partial charge in [0.05, 0.1) is 5.69 Å². The van der Waals surface area contributed by atoms with Gasteiger partial charge >= 0.3 is 6.01 Å². The van der Waals surface area contributed by atoms with Gasteiger partial charge < -0.3 is 4.42 Å². The molecule has 0 aliphatic carbocycles. The maximum Gasteiger partial charge on any atom is 0.309 e. The molecule has 2 heterocycles. The fraction of sp³-hybridized carbons (Fsp3) is 0.111. The van der Waals surface area contributed by atoms with Crippen molar-refractivity contribution in [2.45, 2.75) is 11.9 Å². The zero-order valence-corrected chi connectivity index (χ0v) is 9.53. The lowest BCUT2D eigenvalue weighted by atomic mass is 10.5. The molecule has 1 N–H and O–H groups in total. The third kappa shape index (κ3) is 2.41. The van der Waals surface area contributed by atoms with Gasteiger partial charge in [-0.2, -0.15) is 13.4 Å². The second-order valence-electron chi connectivity index (χ2n) is 3.19. The van der Waals surface area contributed by atoms with Gasteiger partial charge in [0, 0.05) is 6.20 Å². The molecule has 0 saturated heterocycles. The Morgan fingerprint density at radius 3 is 2.82 bits per heavy atom. The normalized spacial score (nSPS) is 11.4. The molecule has 8 heteroatoms. The van der Waals surface area contributed by atoms with Crippen molar-refractivity contribution in [2.75, 3.05) is 4.72 Å². The molecule has 0 saturated carbocycles. The summed E-state index contributed by atoms with van der Waals surface area (Å²) in [6.07, 6.45) is 2.45. The van der Waals surface area contributed by atoms with Crippen molar-refractivity contribution >= 4 is 16.0 Å². The average molecular weight is 257 g/mol. The molecule has 0 aliphatic heterocycles. The lowest BCUT2D eigenvalue weighted by molar-refractivity contribution is 0.550. The molecular formula is C9H8FN3O3S. The standard InChI is InChI=1S/C9H8FN3O3S/c1-6-5-16-9(12-6)13-17(14,15)8-7(10)3-2-4-11-8/h2-5H,1H3,(H,12,13). The van der Waals surface area contributed by atoms with Gasteiger partial charge in [-0.25, -0.2) is 14.1 Å². The number of nitrogens with zero attached hydrogens (tertiary/aromatic N) is 2. The summed E-state index contributed by atoms with van der Waals surface area (Å²) in [5.74, 6) is -0.941. The molecule has 0 radical (unpaired) electrons. The molecule has 0 aromatic carbocycles. The van der Waals surface area contributed by atoms with Crippen molar-refractivity contribution in [3.63, 3.8) is 0 Å². The van der Waals surface area contributed by atoms with E-state index >= 15 is 0 Å². The van der Waals surface area contributed by atoms with E-state index < -0.39 is 20.9 Å². The van der Waals surface area contributed by atoms with Crippen molar-refractivity contribution < 1.29 is 17.2 Å². The summed E-state index contributed by atoms with van der Waals surface area (Å²) in [6.45, 7) is 1.63. The monoisotopic (exact) mass is 257 g/mol. The second-order valence-corrected chi connectivity index (χ2v) is 4.79. The van der Waals surface area contributed by atoms with Gasteiger partial charge in [0.15, 0.2) is 5.82 Å². The number of aromatic nitrogens is 2. The van der Waals surface area contributed by atoms with Crippen molar-refractivity contribution in [3.05, 3.63) is 36.1 Å². The van der Waals surface area contributed by atoms with Crippen molar-refractivity contribution in [1.82, 2.24) is 9.97 Å². The Kier molecular flexibility index (Phi) is 2.80. The van der Waals surface area contributed by atoms with E-state index in [1.54, 1.807) is 6.92 Å². The van der Waals surface area contributed by atoms with Gasteiger partial charge in [-0.05, 0) is 19.1 Å². The topological polar surface area (TPSA) is 85.1 Å². The molecule has 90 valence electrons. The predicted octanol–water partition coefficient (Wildman–Crippen LogP) is 1.32. The van der Waals surface area contributed by atoms with Crippen LogP contribution in [0.15, 0.2) is 34.0 Å². The molecule has 2 rings (SSSR count).